The molecule has 0 fully saturated rings. The average molecular weight is 644 g/mol. The summed E-state index contributed by atoms with van der Waals surface area (Å²) in [6, 6.07) is 2.91. The zero-order valence-corrected chi connectivity index (χ0v) is 26.6. The molecule has 0 radical (unpaired) electrons. The molecule has 0 saturated heterocycles. The van der Waals surface area contributed by atoms with Crippen LogP contribution in [-0.4, -0.2) is 87.5 Å². The number of phenols is 1. The first kappa shape index (κ1) is 36.4. The maximum absolute atomic E-state index is 13.1. The van der Waals surface area contributed by atoms with Gasteiger partial charge in [0.2, 0.25) is 11.6 Å². The van der Waals surface area contributed by atoms with E-state index in [1.54, 1.807) is 19.9 Å². The van der Waals surface area contributed by atoms with E-state index in [1.165, 1.54) is 19.4 Å². The van der Waals surface area contributed by atoms with Gasteiger partial charge in [-0.2, -0.15) is 4.33 Å². The van der Waals surface area contributed by atoms with Crippen molar-refractivity contribution in [3.05, 3.63) is 34.9 Å². The van der Waals surface area contributed by atoms with Crippen LogP contribution in [-0.2, 0) is 44.6 Å². The van der Waals surface area contributed by atoms with E-state index in [1.807, 2.05) is 6.08 Å². The molecular formula is C29H41NO11S2. The Balaban J connectivity index is 2.09. The smallest absolute Gasteiger partial charge is 0.342 e. The highest BCUT2D eigenvalue weighted by Gasteiger charge is 2.28. The van der Waals surface area contributed by atoms with Crippen molar-refractivity contribution in [2.75, 3.05) is 44.6 Å². The molecule has 0 aromatic heterocycles. The molecule has 240 valence electrons. The highest BCUT2D eigenvalue weighted by Crippen LogP contribution is 2.31. The molecule has 1 aromatic carbocycles. The summed E-state index contributed by atoms with van der Waals surface area (Å²) in [5.41, 5.74) is 1.27. The summed E-state index contributed by atoms with van der Waals surface area (Å²) < 4.78 is 39.1. The minimum atomic E-state index is -3.09. The number of carbonyl (C=O) groups is 4. The summed E-state index contributed by atoms with van der Waals surface area (Å²) in [7, 11) is -1.70. The van der Waals surface area contributed by atoms with Crippen molar-refractivity contribution in [3.63, 3.8) is 0 Å². The Labute approximate surface area is 256 Å². The van der Waals surface area contributed by atoms with Crippen LogP contribution >= 0.6 is 12.0 Å². The van der Waals surface area contributed by atoms with Crippen molar-refractivity contribution < 1.29 is 51.4 Å². The van der Waals surface area contributed by atoms with Crippen LogP contribution in [0.4, 0.5) is 0 Å². The molecule has 0 amide bonds. The van der Waals surface area contributed by atoms with Gasteiger partial charge in [0.25, 0.3) is 5.78 Å². The van der Waals surface area contributed by atoms with Crippen LogP contribution in [0.1, 0.15) is 61.9 Å². The number of allylic oxidation sites excluding steroid dienone is 1. The molecule has 0 unspecified atom stereocenters. The van der Waals surface area contributed by atoms with Gasteiger partial charge in [0.15, 0.2) is 0 Å². The summed E-state index contributed by atoms with van der Waals surface area (Å²) in [6.45, 7) is 4.49. The van der Waals surface area contributed by atoms with Gasteiger partial charge >= 0.3 is 5.97 Å². The monoisotopic (exact) mass is 643 g/mol. The number of phenolic OH excluding ortho intramolecular Hbond substituents is 1. The van der Waals surface area contributed by atoms with Crippen molar-refractivity contribution in [2.45, 2.75) is 58.5 Å². The van der Waals surface area contributed by atoms with Crippen LogP contribution in [0.15, 0.2) is 23.8 Å². The second kappa shape index (κ2) is 18.1. The van der Waals surface area contributed by atoms with Crippen molar-refractivity contribution in [2.24, 2.45) is 5.92 Å². The number of benzene rings is 1. The number of nitrogens with one attached hydrogen (secondary N) is 1. The van der Waals surface area contributed by atoms with Crippen LogP contribution < -0.4 is 10.1 Å². The lowest BCUT2D eigenvalue weighted by Crippen LogP contribution is -2.27. The number of aromatic hydroxyl groups is 1. The third-order valence-corrected chi connectivity index (χ3v) is 8.53. The topological polar surface area (TPSA) is 172 Å². The zero-order chi connectivity index (χ0) is 32.0. The number of carbonyl (C=O) groups excluding carboxylic acids is 4. The average Bonchev–Trinajstić information content (AvgIpc) is 2.93. The van der Waals surface area contributed by atoms with Crippen molar-refractivity contribution in [1.82, 2.24) is 5.32 Å². The van der Waals surface area contributed by atoms with Crippen molar-refractivity contribution in [3.8, 4) is 11.5 Å². The van der Waals surface area contributed by atoms with Gasteiger partial charge in [-0.1, -0.05) is 13.0 Å². The first-order chi connectivity index (χ1) is 20.3. The molecule has 1 aliphatic heterocycles. The van der Waals surface area contributed by atoms with Crippen molar-refractivity contribution in [1.29, 1.82) is 0 Å². The predicted octanol–water partition coefficient (Wildman–Crippen LogP) is 2.95. The summed E-state index contributed by atoms with van der Waals surface area (Å²) in [5, 5.41) is 14.0. The fraction of sp³-hybridized carbons (Fsp3) is 0.586. The molecule has 1 heterocycles. The van der Waals surface area contributed by atoms with Gasteiger partial charge in [0.1, 0.15) is 39.6 Å². The van der Waals surface area contributed by atoms with Crippen LogP contribution in [0, 0.1) is 5.92 Å². The Bertz CT molecular complexity index is 1280. The number of aryl methyl sites for hydroxylation is 1. The van der Waals surface area contributed by atoms with Crippen LogP contribution in [0.3, 0.4) is 0 Å². The highest BCUT2D eigenvalue weighted by atomic mass is 32.2. The van der Waals surface area contributed by atoms with Gasteiger partial charge in [-0.05, 0) is 55.7 Å². The number of hydrogen-bond acceptors (Lipinski definition) is 13. The van der Waals surface area contributed by atoms with Crippen LogP contribution in [0.25, 0.3) is 0 Å². The van der Waals surface area contributed by atoms with Crippen LogP contribution in [0.2, 0.25) is 0 Å². The molecular weight excluding hydrogens is 602 g/mol. The minimum Gasteiger partial charge on any atom is -0.507 e. The minimum absolute atomic E-state index is 0.0314. The second-order valence-electron chi connectivity index (χ2n) is 10.4. The maximum atomic E-state index is 13.1. The number of hydrogen-bond donors (Lipinski definition) is 2. The summed E-state index contributed by atoms with van der Waals surface area (Å²) in [6.07, 6.45) is 3.10. The Hall–Kier alpha value is -2.78. The lowest BCUT2D eigenvalue weighted by molar-refractivity contribution is -0.159. The number of Topliss-reactive ketones (excluding diaryl/α,β-unsaturated/α-hetero) is 3. The fourth-order valence-corrected chi connectivity index (χ4v) is 5.29. The van der Waals surface area contributed by atoms with Gasteiger partial charge in [0, 0.05) is 56.0 Å². The standard InChI is InChI=1S/C29H41NO11S2/c1-19-10-11-25(32)28(34)24(31)9-5-8-22-15-23(16-26(33)27(22)29(35)40-20(19)2)39-13-12-30-17-21(18-42-41-38-3)7-6-14-43(4,36)37/h7,15-16,19-20,30,33H,5-6,8-14,17-18H2,1-4H3/t19-,20+/m1/s1. The van der Waals surface area contributed by atoms with E-state index in [4.69, 9.17) is 13.8 Å². The number of cyclic esters (lactones) is 1. The number of rotatable bonds is 13. The number of ketones is 3. The van der Waals surface area contributed by atoms with E-state index in [0.717, 1.165) is 17.6 Å². The molecule has 2 N–H and O–H groups in total. The van der Waals surface area contributed by atoms with E-state index >= 15 is 0 Å². The SMILES string of the molecule is COOSCC(=CCCS(C)(=O)=O)CNCCOc1cc(O)c2c(c1)CCCC(=O)C(=O)C(=O)CC[C@@H](C)[C@H](C)OC2=O. The largest absolute Gasteiger partial charge is 0.507 e. The van der Waals surface area contributed by atoms with Gasteiger partial charge in [0.05, 0.1) is 12.9 Å². The molecule has 12 nitrogen and oxygen atoms in total. The first-order valence-corrected chi connectivity index (χ1v) is 17.0. The van der Waals surface area contributed by atoms with Gasteiger partial charge < -0.3 is 19.9 Å². The molecule has 2 rings (SSSR count). The van der Waals surface area contributed by atoms with E-state index in [0.29, 0.717) is 36.6 Å². The quantitative estimate of drug-likeness (QED) is 0.0612. The maximum Gasteiger partial charge on any atom is 0.342 e. The Morgan fingerprint density at radius 3 is 2.56 bits per heavy atom. The Morgan fingerprint density at radius 1 is 1.14 bits per heavy atom. The van der Waals surface area contributed by atoms with E-state index < -0.39 is 39.3 Å². The molecule has 1 aliphatic rings. The first-order valence-electron chi connectivity index (χ1n) is 14.0. The van der Waals surface area contributed by atoms with Crippen molar-refractivity contribution >= 4 is 45.2 Å². The van der Waals surface area contributed by atoms with E-state index in [2.05, 4.69) is 10.2 Å². The van der Waals surface area contributed by atoms with Gasteiger partial charge in [-0.15, -0.1) is 0 Å². The molecule has 2 atom stereocenters. The molecule has 0 bridgehead atoms. The molecule has 0 saturated carbocycles. The zero-order valence-electron chi connectivity index (χ0n) is 25.0. The lowest BCUT2D eigenvalue weighted by atomic mass is 9.94. The third-order valence-electron chi connectivity index (χ3n) is 6.84. The molecule has 0 aliphatic carbocycles. The molecule has 14 heteroatoms. The summed E-state index contributed by atoms with van der Waals surface area (Å²) >= 11 is 1.07. The van der Waals surface area contributed by atoms with Gasteiger partial charge in [-0.3, -0.25) is 14.4 Å². The number of ether oxygens (including phenoxy) is 2. The fourth-order valence-electron chi connectivity index (χ4n) is 4.23. The number of sulfone groups is 1. The van der Waals surface area contributed by atoms with E-state index in [-0.39, 0.29) is 61.7 Å². The normalized spacial score (nSPS) is 19.5. The molecule has 0 spiro atoms. The third kappa shape index (κ3) is 13.2. The molecule has 43 heavy (non-hydrogen) atoms. The summed E-state index contributed by atoms with van der Waals surface area (Å²) in [5.74, 6) is -3.07. The lowest BCUT2D eigenvalue weighted by Gasteiger charge is -2.22. The number of esters is 1. The number of fused-ring (bicyclic) bond motifs is 1. The second-order valence-corrected chi connectivity index (χ2v) is 13.4. The highest BCUT2D eigenvalue weighted by molar-refractivity contribution is 7.94. The predicted molar refractivity (Wildman–Crippen MR) is 161 cm³/mol. The van der Waals surface area contributed by atoms with Gasteiger partial charge in [-0.25, -0.2) is 18.1 Å². The molecule has 1 aromatic rings. The Morgan fingerprint density at radius 2 is 1.86 bits per heavy atom. The Kier molecular flexibility index (Phi) is 15.3. The van der Waals surface area contributed by atoms with Crippen LogP contribution in [0.5, 0.6) is 11.5 Å². The van der Waals surface area contributed by atoms with E-state index in [9.17, 15) is 32.7 Å². The summed E-state index contributed by atoms with van der Waals surface area (Å²) in [4.78, 5) is 54.3.